The second-order valence-electron chi connectivity index (χ2n) is 5.12. The Morgan fingerprint density at radius 3 is 2.21 bits per heavy atom. The molecule has 1 aromatic carbocycles. The third-order valence-electron chi connectivity index (χ3n) is 2.44. The van der Waals surface area contributed by atoms with Crippen LogP contribution >= 0.6 is 0 Å². The maximum atomic E-state index is 12.6. The number of aldehydes is 1. The summed E-state index contributed by atoms with van der Waals surface area (Å²) >= 11 is 0. The van der Waals surface area contributed by atoms with Crippen molar-refractivity contribution in [2.75, 3.05) is 5.32 Å². The van der Waals surface area contributed by atoms with E-state index in [-0.39, 0.29) is 11.3 Å². The lowest BCUT2D eigenvalue weighted by Crippen LogP contribution is -2.28. The summed E-state index contributed by atoms with van der Waals surface area (Å²) in [5.74, 6) is -0.463. The first-order valence-corrected chi connectivity index (χ1v) is 5.53. The van der Waals surface area contributed by atoms with E-state index in [4.69, 9.17) is 0 Å². The number of carbonyl (C=O) groups excluding carboxylic acids is 2. The van der Waals surface area contributed by atoms with Gasteiger partial charge in [0.15, 0.2) is 6.29 Å². The van der Waals surface area contributed by atoms with Gasteiger partial charge in [-0.05, 0) is 18.2 Å². The highest BCUT2D eigenvalue weighted by atomic mass is 19.4. The Labute approximate surface area is 108 Å². The van der Waals surface area contributed by atoms with E-state index in [1.54, 1.807) is 20.8 Å². The molecule has 3 nitrogen and oxygen atoms in total. The highest BCUT2D eigenvalue weighted by molar-refractivity contribution is 5.98. The van der Waals surface area contributed by atoms with Gasteiger partial charge in [0.25, 0.3) is 0 Å². The molecule has 1 N–H and O–H groups in total. The molecule has 0 aliphatic rings. The van der Waals surface area contributed by atoms with Crippen molar-refractivity contribution in [1.29, 1.82) is 0 Å². The molecule has 0 spiro atoms. The number of rotatable bonds is 2. The van der Waals surface area contributed by atoms with E-state index < -0.39 is 23.1 Å². The van der Waals surface area contributed by atoms with Crippen molar-refractivity contribution in [3.8, 4) is 0 Å². The Morgan fingerprint density at radius 1 is 1.21 bits per heavy atom. The fourth-order valence-corrected chi connectivity index (χ4v) is 1.25. The minimum atomic E-state index is -4.53. The standard InChI is InChI=1S/C13H14F3NO2/c1-12(2,3)11(19)17-10-6-9(13(14,15)16)5-4-8(10)7-18/h4-7H,1-3H3,(H,17,19). The molecule has 0 heterocycles. The number of nitrogens with one attached hydrogen (secondary N) is 1. The molecule has 104 valence electrons. The van der Waals surface area contributed by atoms with Crippen LogP contribution in [0.1, 0.15) is 36.7 Å². The van der Waals surface area contributed by atoms with Gasteiger partial charge in [-0.1, -0.05) is 20.8 Å². The van der Waals surface area contributed by atoms with Crippen LogP contribution in [0.5, 0.6) is 0 Å². The first kappa shape index (κ1) is 15.2. The van der Waals surface area contributed by atoms with E-state index in [0.717, 1.165) is 18.2 Å². The number of hydrogen-bond donors (Lipinski definition) is 1. The second kappa shape index (κ2) is 5.03. The molecule has 0 saturated heterocycles. The molecule has 1 aromatic rings. The molecule has 1 amide bonds. The van der Waals surface area contributed by atoms with E-state index >= 15 is 0 Å². The molecule has 0 fully saturated rings. The van der Waals surface area contributed by atoms with Crippen LogP contribution in [0.3, 0.4) is 0 Å². The van der Waals surface area contributed by atoms with E-state index in [1.807, 2.05) is 0 Å². The summed E-state index contributed by atoms with van der Waals surface area (Å²) in [6.07, 6.45) is -4.12. The van der Waals surface area contributed by atoms with Crippen LogP contribution in [0, 0.1) is 5.41 Å². The van der Waals surface area contributed by atoms with E-state index in [1.165, 1.54) is 0 Å². The van der Waals surface area contributed by atoms with Crippen LogP contribution in [0.15, 0.2) is 18.2 Å². The van der Waals surface area contributed by atoms with Gasteiger partial charge in [-0.2, -0.15) is 13.2 Å². The van der Waals surface area contributed by atoms with Gasteiger partial charge in [0, 0.05) is 11.0 Å². The van der Waals surface area contributed by atoms with Gasteiger partial charge >= 0.3 is 6.18 Å². The lowest BCUT2D eigenvalue weighted by atomic mass is 9.95. The maximum absolute atomic E-state index is 12.6. The Balaban J connectivity index is 3.18. The molecule has 0 unspecified atom stereocenters. The number of hydrogen-bond acceptors (Lipinski definition) is 2. The van der Waals surface area contributed by atoms with Crippen LogP contribution < -0.4 is 5.32 Å². The first-order valence-electron chi connectivity index (χ1n) is 5.53. The maximum Gasteiger partial charge on any atom is 0.416 e. The van der Waals surface area contributed by atoms with Crippen molar-refractivity contribution < 1.29 is 22.8 Å². The fraction of sp³-hybridized carbons (Fsp3) is 0.385. The molecule has 0 aliphatic carbocycles. The van der Waals surface area contributed by atoms with Gasteiger partial charge in [-0.25, -0.2) is 0 Å². The Kier molecular flexibility index (Phi) is 4.03. The topological polar surface area (TPSA) is 46.2 Å². The number of anilines is 1. The Morgan fingerprint density at radius 2 is 1.79 bits per heavy atom. The number of benzene rings is 1. The molecule has 1 rings (SSSR count). The molecule has 0 bridgehead atoms. The van der Waals surface area contributed by atoms with Gasteiger partial charge in [0.05, 0.1) is 11.3 Å². The molecule has 6 heteroatoms. The number of halogens is 3. The molecule has 0 aliphatic heterocycles. The van der Waals surface area contributed by atoms with E-state index in [9.17, 15) is 22.8 Å². The number of carbonyl (C=O) groups is 2. The zero-order valence-corrected chi connectivity index (χ0v) is 10.8. The predicted molar refractivity (Wildman–Crippen MR) is 64.9 cm³/mol. The Bertz CT molecular complexity index is 502. The van der Waals surface area contributed by atoms with Crippen LogP contribution in [-0.4, -0.2) is 12.2 Å². The largest absolute Gasteiger partial charge is 0.416 e. The second-order valence-corrected chi connectivity index (χ2v) is 5.12. The predicted octanol–water partition coefficient (Wildman–Crippen LogP) is 3.50. The third-order valence-corrected chi connectivity index (χ3v) is 2.44. The SMILES string of the molecule is CC(C)(C)C(=O)Nc1cc(C(F)(F)F)ccc1C=O. The zero-order valence-electron chi connectivity index (χ0n) is 10.8. The van der Waals surface area contributed by atoms with Gasteiger partial charge in [-0.3, -0.25) is 9.59 Å². The normalized spacial score (nSPS) is 12.1. The monoisotopic (exact) mass is 273 g/mol. The fourth-order valence-electron chi connectivity index (χ4n) is 1.25. The minimum Gasteiger partial charge on any atom is -0.325 e. The summed E-state index contributed by atoms with van der Waals surface area (Å²) in [4.78, 5) is 22.5. The average molecular weight is 273 g/mol. The van der Waals surface area contributed by atoms with Crippen molar-refractivity contribution >= 4 is 17.9 Å². The molecule has 0 saturated carbocycles. The number of amides is 1. The quantitative estimate of drug-likeness (QED) is 0.838. The van der Waals surface area contributed by atoms with Crippen LogP contribution in [-0.2, 0) is 11.0 Å². The van der Waals surface area contributed by atoms with Crippen molar-refractivity contribution in [3.05, 3.63) is 29.3 Å². The molecule has 0 radical (unpaired) electrons. The van der Waals surface area contributed by atoms with Crippen molar-refractivity contribution in [2.45, 2.75) is 26.9 Å². The lowest BCUT2D eigenvalue weighted by molar-refractivity contribution is -0.137. The van der Waals surface area contributed by atoms with Crippen LogP contribution in [0.2, 0.25) is 0 Å². The summed E-state index contributed by atoms with van der Waals surface area (Å²) in [6, 6.07) is 2.60. The van der Waals surface area contributed by atoms with Gasteiger partial charge in [0.2, 0.25) is 5.91 Å². The molecule has 0 atom stereocenters. The summed E-state index contributed by atoms with van der Waals surface area (Å²) in [5.41, 5.74) is -1.81. The smallest absolute Gasteiger partial charge is 0.325 e. The van der Waals surface area contributed by atoms with Crippen LogP contribution in [0.25, 0.3) is 0 Å². The highest BCUT2D eigenvalue weighted by Crippen LogP contribution is 2.32. The third kappa shape index (κ3) is 3.81. The first-order chi connectivity index (χ1) is 8.55. The van der Waals surface area contributed by atoms with E-state index in [2.05, 4.69) is 5.32 Å². The van der Waals surface area contributed by atoms with Gasteiger partial charge in [-0.15, -0.1) is 0 Å². The molecular weight excluding hydrogens is 259 g/mol. The zero-order chi connectivity index (χ0) is 14.8. The summed E-state index contributed by atoms with van der Waals surface area (Å²) in [5, 5.41) is 2.34. The number of alkyl halides is 3. The molecule has 19 heavy (non-hydrogen) atoms. The van der Waals surface area contributed by atoms with Gasteiger partial charge < -0.3 is 5.32 Å². The Hall–Kier alpha value is -1.85. The molecule has 0 aromatic heterocycles. The average Bonchev–Trinajstić information content (AvgIpc) is 2.26. The minimum absolute atomic E-state index is 0.00519. The molecular formula is C13H14F3NO2. The van der Waals surface area contributed by atoms with Crippen LogP contribution in [0.4, 0.5) is 18.9 Å². The van der Waals surface area contributed by atoms with Crippen molar-refractivity contribution in [3.63, 3.8) is 0 Å². The highest BCUT2D eigenvalue weighted by Gasteiger charge is 2.31. The van der Waals surface area contributed by atoms with Crippen molar-refractivity contribution in [1.82, 2.24) is 0 Å². The lowest BCUT2D eigenvalue weighted by Gasteiger charge is -2.19. The summed E-state index contributed by atoms with van der Waals surface area (Å²) in [6.45, 7) is 4.86. The van der Waals surface area contributed by atoms with Gasteiger partial charge in [0.1, 0.15) is 0 Å². The summed E-state index contributed by atoms with van der Waals surface area (Å²) in [7, 11) is 0. The van der Waals surface area contributed by atoms with Crippen molar-refractivity contribution in [2.24, 2.45) is 5.41 Å². The van der Waals surface area contributed by atoms with E-state index in [0.29, 0.717) is 6.29 Å². The summed E-state index contributed by atoms with van der Waals surface area (Å²) < 4.78 is 37.7.